The number of carbonyl (C=O) groups excluding carboxylic acids is 3. The van der Waals surface area contributed by atoms with Crippen LogP contribution in [0.5, 0.6) is 0 Å². The minimum Gasteiger partial charge on any atom is -0.374 e. The van der Waals surface area contributed by atoms with E-state index in [-0.39, 0.29) is 17.7 Å². The number of ether oxygens (including phenoxy) is 1. The summed E-state index contributed by atoms with van der Waals surface area (Å²) >= 11 is 4.06. The van der Waals surface area contributed by atoms with Crippen molar-refractivity contribution in [3.8, 4) is 0 Å². The largest absolute Gasteiger partial charge is 0.374 e. The van der Waals surface area contributed by atoms with E-state index in [1.807, 2.05) is 39.0 Å². The van der Waals surface area contributed by atoms with Crippen LogP contribution in [0.1, 0.15) is 91.3 Å². The van der Waals surface area contributed by atoms with Gasteiger partial charge in [0.2, 0.25) is 17.7 Å². The van der Waals surface area contributed by atoms with Crippen LogP contribution in [0.25, 0.3) is 21.9 Å². The summed E-state index contributed by atoms with van der Waals surface area (Å²) in [4.78, 5) is 43.6. The van der Waals surface area contributed by atoms with Gasteiger partial charge in [-0.05, 0) is 51.9 Å². The average molecular weight is 615 g/mol. The van der Waals surface area contributed by atoms with Gasteiger partial charge in [-0.25, -0.2) is 4.98 Å². The molecule has 0 radical (unpaired) electrons. The zero-order valence-electron chi connectivity index (χ0n) is 26.3. The first kappa shape index (κ1) is 36.0. The molecular weight excluding hydrogens is 564 g/mol. The molecule has 11 heteroatoms. The predicted molar refractivity (Wildman–Crippen MR) is 176 cm³/mol. The van der Waals surface area contributed by atoms with E-state index < -0.39 is 5.54 Å². The van der Waals surface area contributed by atoms with E-state index in [2.05, 4.69) is 45.8 Å². The number of primary amides is 1. The van der Waals surface area contributed by atoms with Crippen LogP contribution in [0.3, 0.4) is 0 Å². The van der Waals surface area contributed by atoms with Crippen LogP contribution < -0.4 is 16.4 Å². The highest BCUT2D eigenvalue weighted by molar-refractivity contribution is 7.80. The van der Waals surface area contributed by atoms with Crippen molar-refractivity contribution >= 4 is 52.3 Å². The molecule has 3 rings (SSSR count). The molecule has 0 aliphatic carbocycles. The number of rotatable bonds is 18. The van der Waals surface area contributed by atoms with E-state index in [4.69, 9.17) is 15.5 Å². The van der Waals surface area contributed by atoms with Gasteiger partial charge in [0.25, 0.3) is 0 Å². The number of amides is 3. The van der Waals surface area contributed by atoms with Crippen molar-refractivity contribution in [3.63, 3.8) is 0 Å². The number of unbranched alkanes of at least 4 members (excludes halogenated alkanes) is 4. The van der Waals surface area contributed by atoms with Crippen LogP contribution in [0.2, 0.25) is 0 Å². The first-order valence-corrected chi connectivity index (χ1v) is 16.0. The lowest BCUT2D eigenvalue weighted by atomic mass is 10.0. The van der Waals surface area contributed by atoms with Crippen molar-refractivity contribution in [2.75, 3.05) is 18.9 Å². The Bertz CT molecular complexity index is 1310. The number of hydrogen-bond acceptors (Lipinski definition) is 7. The number of thiol groups is 1. The number of para-hydroxylation sites is 1. The second-order valence-corrected chi connectivity index (χ2v) is 11.7. The number of nitrogens with one attached hydrogen (secondary N) is 2. The van der Waals surface area contributed by atoms with Crippen LogP contribution in [0.15, 0.2) is 30.5 Å². The maximum absolute atomic E-state index is 12.7. The minimum absolute atomic E-state index is 0.0245. The molecule has 1 aromatic carbocycles. The van der Waals surface area contributed by atoms with Gasteiger partial charge in [0.15, 0.2) is 0 Å². The maximum Gasteiger partial charge on any atom is 0.220 e. The molecule has 0 saturated heterocycles. The SMILES string of the molecule is CCCCCC(N)=O.CCOCc1nc2cnc3ccccc3c2n1CC(C)(C)NC(=O)CCCCCNC(=O)CCS. The van der Waals surface area contributed by atoms with Crippen molar-refractivity contribution in [3.05, 3.63) is 36.3 Å². The molecule has 0 aliphatic heterocycles. The lowest BCUT2D eigenvalue weighted by molar-refractivity contribution is -0.123. The first-order chi connectivity index (χ1) is 20.6. The highest BCUT2D eigenvalue weighted by Gasteiger charge is 2.25. The van der Waals surface area contributed by atoms with Crippen molar-refractivity contribution in [2.24, 2.45) is 5.73 Å². The molecule has 0 unspecified atom stereocenters. The highest BCUT2D eigenvalue weighted by atomic mass is 32.1. The summed E-state index contributed by atoms with van der Waals surface area (Å²) in [6, 6.07) is 8.03. The van der Waals surface area contributed by atoms with E-state index in [9.17, 15) is 14.4 Å². The fraction of sp³-hybridized carbons (Fsp3) is 0.594. The molecule has 3 aromatic rings. The quantitative estimate of drug-likeness (QED) is 0.117. The summed E-state index contributed by atoms with van der Waals surface area (Å²) < 4.78 is 7.85. The topological polar surface area (TPSA) is 141 Å². The zero-order valence-corrected chi connectivity index (χ0v) is 27.2. The van der Waals surface area contributed by atoms with E-state index >= 15 is 0 Å². The number of benzene rings is 1. The number of aromatic nitrogens is 3. The van der Waals surface area contributed by atoms with Gasteiger partial charge in [0.1, 0.15) is 17.9 Å². The number of pyridine rings is 1. The summed E-state index contributed by atoms with van der Waals surface area (Å²) in [5, 5.41) is 7.10. The van der Waals surface area contributed by atoms with Crippen molar-refractivity contribution in [2.45, 2.75) is 104 Å². The Balaban J connectivity index is 0.000000708. The first-order valence-electron chi connectivity index (χ1n) is 15.4. The van der Waals surface area contributed by atoms with Crippen molar-refractivity contribution in [1.29, 1.82) is 0 Å². The van der Waals surface area contributed by atoms with Gasteiger partial charge in [-0.1, -0.05) is 44.4 Å². The lowest BCUT2D eigenvalue weighted by Gasteiger charge is -2.28. The maximum atomic E-state index is 12.7. The van der Waals surface area contributed by atoms with Gasteiger partial charge < -0.3 is 25.7 Å². The molecular formula is C32H50N6O4S. The van der Waals surface area contributed by atoms with Crippen LogP contribution in [-0.4, -0.2) is 56.7 Å². The Morgan fingerprint density at radius 1 is 0.977 bits per heavy atom. The molecule has 0 aliphatic rings. The van der Waals surface area contributed by atoms with Crippen LogP contribution >= 0.6 is 12.6 Å². The van der Waals surface area contributed by atoms with Crippen LogP contribution in [0.4, 0.5) is 0 Å². The average Bonchev–Trinajstić information content (AvgIpc) is 3.30. The fourth-order valence-electron chi connectivity index (χ4n) is 4.71. The summed E-state index contributed by atoms with van der Waals surface area (Å²) in [7, 11) is 0. The number of imidazole rings is 1. The zero-order chi connectivity index (χ0) is 31.7. The molecule has 0 saturated carbocycles. The molecule has 0 fully saturated rings. The molecule has 43 heavy (non-hydrogen) atoms. The number of hydrogen-bond donors (Lipinski definition) is 4. The van der Waals surface area contributed by atoms with Crippen molar-refractivity contribution < 1.29 is 19.1 Å². The molecule has 10 nitrogen and oxygen atoms in total. The van der Waals surface area contributed by atoms with Crippen LogP contribution in [0, 0.1) is 0 Å². The number of carbonyl (C=O) groups is 3. The number of nitrogens with zero attached hydrogens (tertiary/aromatic N) is 3. The Morgan fingerprint density at radius 2 is 1.72 bits per heavy atom. The van der Waals surface area contributed by atoms with E-state index in [1.54, 1.807) is 6.20 Å². The van der Waals surface area contributed by atoms with E-state index in [1.165, 1.54) is 0 Å². The second-order valence-electron chi connectivity index (χ2n) is 11.3. The van der Waals surface area contributed by atoms with E-state index in [0.717, 1.165) is 66.3 Å². The Labute approximate surface area is 261 Å². The summed E-state index contributed by atoms with van der Waals surface area (Å²) in [6.07, 6.45) is 8.98. The van der Waals surface area contributed by atoms with E-state index in [0.29, 0.717) is 51.3 Å². The molecule has 0 spiro atoms. The molecule has 4 N–H and O–H groups in total. The molecule has 2 aromatic heterocycles. The second kappa shape index (κ2) is 19.2. The van der Waals surface area contributed by atoms with Crippen molar-refractivity contribution in [1.82, 2.24) is 25.2 Å². The van der Waals surface area contributed by atoms with Gasteiger partial charge in [-0.2, -0.15) is 12.6 Å². The molecule has 2 heterocycles. The third-order valence-electron chi connectivity index (χ3n) is 6.79. The number of fused-ring (bicyclic) bond motifs is 3. The minimum atomic E-state index is -0.489. The Morgan fingerprint density at radius 3 is 2.42 bits per heavy atom. The van der Waals surface area contributed by atoms with Gasteiger partial charge >= 0.3 is 0 Å². The summed E-state index contributed by atoms with van der Waals surface area (Å²) in [5.74, 6) is 1.24. The Hall–Kier alpha value is -3.18. The molecule has 0 atom stereocenters. The van der Waals surface area contributed by atoms with Crippen LogP contribution in [-0.2, 0) is 32.3 Å². The van der Waals surface area contributed by atoms with Gasteiger partial charge in [-0.3, -0.25) is 19.4 Å². The number of nitrogens with two attached hydrogens (primary N) is 1. The summed E-state index contributed by atoms with van der Waals surface area (Å²) in [5.41, 5.74) is 7.14. The molecule has 0 bridgehead atoms. The van der Waals surface area contributed by atoms with Gasteiger partial charge in [0.05, 0.1) is 22.8 Å². The molecule has 238 valence electrons. The standard InChI is InChI=1S/C26H37N5O3S.C6H13NO/c1-4-34-17-22-29-21-16-28-20-11-8-7-10-19(20)25(21)31(22)18-26(2,3)30-24(33)12-6-5-9-14-27-23(32)13-15-35;1-2-3-4-5-6(7)8/h7-8,10-11,16,35H,4-6,9,12-15,17-18H2,1-3H3,(H,27,32)(H,30,33);2-5H2,1H3,(H2,7,8). The third kappa shape index (κ3) is 12.9. The Kier molecular flexibility index (Phi) is 16.1. The van der Waals surface area contributed by atoms with Gasteiger partial charge in [-0.15, -0.1) is 0 Å². The fourth-order valence-corrected chi connectivity index (χ4v) is 4.92. The monoisotopic (exact) mass is 614 g/mol. The third-order valence-corrected chi connectivity index (χ3v) is 7.02. The van der Waals surface area contributed by atoms with Gasteiger partial charge in [0, 0.05) is 44.3 Å². The predicted octanol–water partition coefficient (Wildman–Crippen LogP) is 5.06. The lowest BCUT2D eigenvalue weighted by Crippen LogP contribution is -2.46. The normalized spacial score (nSPS) is 11.3. The smallest absolute Gasteiger partial charge is 0.220 e. The molecule has 3 amide bonds. The summed E-state index contributed by atoms with van der Waals surface area (Å²) in [6.45, 7) is 10.3. The highest BCUT2D eigenvalue weighted by Crippen LogP contribution is 2.26.